The number of nitrogens with one attached hydrogen (secondary N) is 2. The first-order valence-electron chi connectivity index (χ1n) is 9.92. The predicted octanol–water partition coefficient (Wildman–Crippen LogP) is 3.55. The third kappa shape index (κ3) is 5.58. The van der Waals surface area contributed by atoms with Crippen molar-refractivity contribution in [1.29, 1.82) is 0 Å². The molecule has 0 bridgehead atoms. The molecule has 1 amide bonds. The van der Waals surface area contributed by atoms with Crippen LogP contribution < -0.4 is 20.3 Å². The zero-order chi connectivity index (χ0) is 19.8. The smallest absolute Gasteiger partial charge is 0.224 e. The number of amides is 1. The van der Waals surface area contributed by atoms with Gasteiger partial charge in [-0.15, -0.1) is 0 Å². The van der Waals surface area contributed by atoms with Crippen LogP contribution in [0.3, 0.4) is 0 Å². The molecule has 7 nitrogen and oxygen atoms in total. The molecule has 7 heteroatoms. The molecule has 1 fully saturated rings. The first kappa shape index (κ1) is 19.9. The molecular formula is C21H29N5O2. The van der Waals surface area contributed by atoms with E-state index < -0.39 is 0 Å². The van der Waals surface area contributed by atoms with Crippen molar-refractivity contribution >= 4 is 23.2 Å². The van der Waals surface area contributed by atoms with Gasteiger partial charge in [0.15, 0.2) is 0 Å². The van der Waals surface area contributed by atoms with Crippen LogP contribution in [0, 0.1) is 5.92 Å². The average molecular weight is 383 g/mol. The third-order valence-electron chi connectivity index (χ3n) is 5.10. The standard InChI is InChI=1S/C21H29N5O2/c1-3-22-19-14-20(24-15-23-19)26-12-10-16(11-13-26)4-9-21(27)25-17-5-7-18(28-2)8-6-17/h5-8,14-16H,3-4,9-13H2,1-2H3,(H,25,27)(H,22,23,24). The minimum atomic E-state index is 0.0682. The van der Waals surface area contributed by atoms with Crippen molar-refractivity contribution in [2.75, 3.05) is 42.3 Å². The van der Waals surface area contributed by atoms with Gasteiger partial charge in [-0.05, 0) is 56.4 Å². The van der Waals surface area contributed by atoms with Crippen molar-refractivity contribution in [2.45, 2.75) is 32.6 Å². The number of hydrogen-bond donors (Lipinski definition) is 2. The van der Waals surface area contributed by atoms with Gasteiger partial charge >= 0.3 is 0 Å². The zero-order valence-electron chi connectivity index (χ0n) is 16.6. The van der Waals surface area contributed by atoms with Crippen LogP contribution in [0.25, 0.3) is 0 Å². The van der Waals surface area contributed by atoms with Gasteiger partial charge in [-0.2, -0.15) is 0 Å². The van der Waals surface area contributed by atoms with Crippen LogP contribution in [0.2, 0.25) is 0 Å². The monoisotopic (exact) mass is 383 g/mol. The van der Waals surface area contributed by atoms with Crippen LogP contribution in [0.15, 0.2) is 36.7 Å². The van der Waals surface area contributed by atoms with E-state index in [0.29, 0.717) is 12.3 Å². The maximum Gasteiger partial charge on any atom is 0.224 e. The predicted molar refractivity (Wildman–Crippen MR) is 112 cm³/mol. The van der Waals surface area contributed by atoms with Crippen LogP contribution in [-0.2, 0) is 4.79 Å². The van der Waals surface area contributed by atoms with Crippen molar-refractivity contribution in [1.82, 2.24) is 9.97 Å². The van der Waals surface area contributed by atoms with Gasteiger partial charge in [0.05, 0.1) is 7.11 Å². The van der Waals surface area contributed by atoms with Crippen LogP contribution in [-0.4, -0.2) is 42.6 Å². The molecule has 2 aromatic rings. The quantitative estimate of drug-likeness (QED) is 0.726. The highest BCUT2D eigenvalue weighted by molar-refractivity contribution is 5.90. The van der Waals surface area contributed by atoms with E-state index >= 15 is 0 Å². The maximum absolute atomic E-state index is 12.2. The molecule has 3 rings (SSSR count). The molecule has 1 aromatic heterocycles. The second-order valence-corrected chi connectivity index (χ2v) is 7.04. The average Bonchev–Trinajstić information content (AvgIpc) is 2.74. The van der Waals surface area contributed by atoms with E-state index in [1.165, 1.54) is 0 Å². The molecule has 2 N–H and O–H groups in total. The van der Waals surface area contributed by atoms with E-state index in [4.69, 9.17) is 4.74 Å². The third-order valence-corrected chi connectivity index (χ3v) is 5.10. The van der Waals surface area contributed by atoms with Crippen LogP contribution in [0.1, 0.15) is 32.6 Å². The molecule has 0 spiro atoms. The number of benzene rings is 1. The van der Waals surface area contributed by atoms with E-state index in [0.717, 1.165) is 62.0 Å². The van der Waals surface area contributed by atoms with Crippen molar-refractivity contribution in [3.63, 3.8) is 0 Å². The van der Waals surface area contributed by atoms with Crippen LogP contribution in [0.5, 0.6) is 5.75 Å². The first-order valence-corrected chi connectivity index (χ1v) is 9.92. The van der Waals surface area contributed by atoms with Crippen molar-refractivity contribution < 1.29 is 9.53 Å². The lowest BCUT2D eigenvalue weighted by Crippen LogP contribution is -2.34. The molecule has 0 saturated carbocycles. The summed E-state index contributed by atoms with van der Waals surface area (Å²) < 4.78 is 5.13. The maximum atomic E-state index is 12.2. The highest BCUT2D eigenvalue weighted by atomic mass is 16.5. The summed E-state index contributed by atoms with van der Waals surface area (Å²) in [6, 6.07) is 9.42. The van der Waals surface area contributed by atoms with Gasteiger partial charge < -0.3 is 20.3 Å². The Morgan fingerprint density at radius 2 is 1.96 bits per heavy atom. The lowest BCUT2D eigenvalue weighted by atomic mass is 9.92. The summed E-state index contributed by atoms with van der Waals surface area (Å²) in [5.74, 6) is 3.27. The minimum absolute atomic E-state index is 0.0682. The van der Waals surface area contributed by atoms with Gasteiger partial charge in [-0.3, -0.25) is 4.79 Å². The number of aromatic nitrogens is 2. The molecule has 0 aliphatic carbocycles. The summed E-state index contributed by atoms with van der Waals surface area (Å²) in [5.41, 5.74) is 0.806. The van der Waals surface area contributed by atoms with Gasteiger partial charge in [0.2, 0.25) is 5.91 Å². The van der Waals surface area contributed by atoms with E-state index in [1.807, 2.05) is 30.3 Å². The molecule has 2 heterocycles. The number of nitrogens with zero attached hydrogens (tertiary/aromatic N) is 3. The Morgan fingerprint density at radius 3 is 2.64 bits per heavy atom. The van der Waals surface area contributed by atoms with E-state index in [9.17, 15) is 4.79 Å². The van der Waals surface area contributed by atoms with E-state index in [1.54, 1.807) is 13.4 Å². The summed E-state index contributed by atoms with van der Waals surface area (Å²) in [6.45, 7) is 4.83. The summed E-state index contributed by atoms with van der Waals surface area (Å²) in [4.78, 5) is 23.2. The first-order chi connectivity index (χ1) is 13.7. The number of rotatable bonds is 8. The Labute approximate surface area is 166 Å². The topological polar surface area (TPSA) is 79.4 Å². The number of piperidine rings is 1. The molecule has 1 aliphatic heterocycles. The fourth-order valence-corrected chi connectivity index (χ4v) is 3.48. The summed E-state index contributed by atoms with van der Waals surface area (Å²) in [7, 11) is 1.63. The van der Waals surface area contributed by atoms with Gasteiger partial charge in [0, 0.05) is 37.8 Å². The molecule has 0 unspecified atom stereocenters. The molecule has 150 valence electrons. The van der Waals surface area contributed by atoms with Crippen LogP contribution >= 0.6 is 0 Å². The highest BCUT2D eigenvalue weighted by Gasteiger charge is 2.21. The normalized spacial score (nSPS) is 14.6. The number of anilines is 3. The van der Waals surface area contributed by atoms with Crippen LogP contribution in [0.4, 0.5) is 17.3 Å². The number of ether oxygens (including phenoxy) is 1. The van der Waals surface area contributed by atoms with E-state index in [2.05, 4.69) is 32.4 Å². The Balaban J connectivity index is 1.41. The Morgan fingerprint density at radius 1 is 1.21 bits per heavy atom. The Hall–Kier alpha value is -2.83. The SMILES string of the molecule is CCNc1cc(N2CCC(CCC(=O)Nc3ccc(OC)cc3)CC2)ncn1. The fraction of sp³-hybridized carbons (Fsp3) is 0.476. The summed E-state index contributed by atoms with van der Waals surface area (Å²) in [5, 5.41) is 6.18. The Kier molecular flexibility index (Phi) is 7.06. The fourth-order valence-electron chi connectivity index (χ4n) is 3.48. The van der Waals surface area contributed by atoms with Crippen molar-refractivity contribution in [3.8, 4) is 5.75 Å². The molecule has 1 aliphatic rings. The zero-order valence-corrected chi connectivity index (χ0v) is 16.6. The van der Waals surface area contributed by atoms with E-state index in [-0.39, 0.29) is 5.91 Å². The van der Waals surface area contributed by atoms with Crippen molar-refractivity contribution in [3.05, 3.63) is 36.7 Å². The summed E-state index contributed by atoms with van der Waals surface area (Å²) in [6.07, 6.45) is 5.24. The lowest BCUT2D eigenvalue weighted by molar-refractivity contribution is -0.116. The molecular weight excluding hydrogens is 354 g/mol. The van der Waals surface area contributed by atoms with Gasteiger partial charge in [0.25, 0.3) is 0 Å². The summed E-state index contributed by atoms with van der Waals surface area (Å²) >= 11 is 0. The van der Waals surface area contributed by atoms with Crippen molar-refractivity contribution in [2.24, 2.45) is 5.92 Å². The molecule has 1 saturated heterocycles. The number of hydrogen-bond acceptors (Lipinski definition) is 6. The minimum Gasteiger partial charge on any atom is -0.497 e. The van der Waals surface area contributed by atoms with Gasteiger partial charge in [0.1, 0.15) is 23.7 Å². The second kappa shape index (κ2) is 9.92. The number of carbonyl (C=O) groups excluding carboxylic acids is 1. The largest absolute Gasteiger partial charge is 0.497 e. The highest BCUT2D eigenvalue weighted by Crippen LogP contribution is 2.26. The molecule has 1 aromatic carbocycles. The lowest BCUT2D eigenvalue weighted by Gasteiger charge is -2.32. The van der Waals surface area contributed by atoms with Gasteiger partial charge in [-0.1, -0.05) is 0 Å². The van der Waals surface area contributed by atoms with Gasteiger partial charge in [-0.25, -0.2) is 9.97 Å². The number of carbonyl (C=O) groups is 1. The number of methoxy groups -OCH3 is 1. The second-order valence-electron chi connectivity index (χ2n) is 7.04. The Bertz CT molecular complexity index is 758. The molecule has 0 radical (unpaired) electrons. The molecule has 0 atom stereocenters. The molecule has 28 heavy (non-hydrogen) atoms.